The van der Waals surface area contributed by atoms with Crippen molar-refractivity contribution in [2.75, 3.05) is 6.61 Å². The van der Waals surface area contributed by atoms with Crippen LogP contribution in [0, 0.1) is 11.3 Å². The maximum Gasteiger partial charge on any atom is 0.309 e. The molecule has 0 radical (unpaired) electrons. The van der Waals surface area contributed by atoms with Crippen molar-refractivity contribution in [3.8, 4) is 6.07 Å². The molecule has 0 aromatic carbocycles. The third-order valence-corrected chi connectivity index (χ3v) is 1.95. The minimum atomic E-state index is -0.421. The minimum absolute atomic E-state index is 0.0447. The zero-order valence-corrected chi connectivity index (χ0v) is 9.40. The molecule has 88 valence electrons. The maximum absolute atomic E-state index is 11.1. The number of hydrogen-bond acceptors (Lipinski definition) is 4. The van der Waals surface area contributed by atoms with E-state index in [4.69, 9.17) is 10.00 Å². The van der Waals surface area contributed by atoms with Crippen LogP contribution in [-0.4, -0.2) is 17.6 Å². The molecule has 1 rings (SSSR count). The molecule has 0 spiro atoms. The average Bonchev–Trinajstić information content (AvgIpc) is 2.31. The van der Waals surface area contributed by atoms with Crippen LogP contribution in [0.25, 0.3) is 6.08 Å². The molecule has 0 amide bonds. The summed E-state index contributed by atoms with van der Waals surface area (Å²) in [4.78, 5) is 24.6. The summed E-state index contributed by atoms with van der Waals surface area (Å²) < 4.78 is 4.74. The van der Waals surface area contributed by atoms with E-state index in [0.29, 0.717) is 12.2 Å². The van der Waals surface area contributed by atoms with Crippen molar-refractivity contribution < 1.29 is 9.53 Å². The second-order valence-electron chi connectivity index (χ2n) is 3.20. The number of carbonyl (C=O) groups is 1. The van der Waals surface area contributed by atoms with Gasteiger partial charge in [-0.05, 0) is 18.6 Å². The Labute approximate surface area is 98.3 Å². The first-order valence-electron chi connectivity index (χ1n) is 5.12. The second-order valence-corrected chi connectivity index (χ2v) is 3.20. The van der Waals surface area contributed by atoms with Crippen molar-refractivity contribution in [2.45, 2.75) is 13.3 Å². The first-order chi connectivity index (χ1) is 8.17. The highest BCUT2D eigenvalue weighted by molar-refractivity contribution is 5.72. The third-order valence-electron chi connectivity index (χ3n) is 1.95. The highest BCUT2D eigenvalue weighted by Gasteiger charge is 1.99. The summed E-state index contributed by atoms with van der Waals surface area (Å²) in [5.74, 6) is -0.311. The van der Waals surface area contributed by atoms with E-state index in [1.165, 1.54) is 12.3 Å². The molecule has 0 atom stereocenters. The standard InChI is InChI=1S/C12H12N2O3/c1-2-17-11(15)5-3-4-9-6-10(7-13)12(16)14-8-9/h3-4,6,8H,2,5H2,1H3,(H,14,16). The van der Waals surface area contributed by atoms with Crippen LogP contribution in [0.2, 0.25) is 0 Å². The van der Waals surface area contributed by atoms with Gasteiger partial charge in [-0.15, -0.1) is 0 Å². The molecule has 0 bridgehead atoms. The van der Waals surface area contributed by atoms with E-state index < -0.39 is 5.56 Å². The molecule has 0 aliphatic carbocycles. The van der Waals surface area contributed by atoms with Gasteiger partial charge in [0.05, 0.1) is 13.0 Å². The molecule has 0 fully saturated rings. The van der Waals surface area contributed by atoms with Crippen molar-refractivity contribution in [2.24, 2.45) is 0 Å². The Bertz CT molecular complexity index is 523. The molecule has 1 heterocycles. The highest BCUT2D eigenvalue weighted by Crippen LogP contribution is 2.02. The number of carbonyl (C=O) groups excluding carboxylic acids is 1. The van der Waals surface area contributed by atoms with E-state index in [1.807, 2.05) is 0 Å². The van der Waals surface area contributed by atoms with E-state index in [-0.39, 0.29) is 18.0 Å². The Morgan fingerprint density at radius 1 is 1.65 bits per heavy atom. The SMILES string of the molecule is CCOC(=O)CC=Cc1c[nH]c(=O)c(C#N)c1. The number of nitriles is 1. The van der Waals surface area contributed by atoms with Crippen molar-refractivity contribution in [3.63, 3.8) is 0 Å². The lowest BCUT2D eigenvalue weighted by Gasteiger charge is -1.97. The van der Waals surface area contributed by atoms with E-state index in [1.54, 1.807) is 25.1 Å². The lowest BCUT2D eigenvalue weighted by molar-refractivity contribution is -0.142. The normalized spacial score (nSPS) is 10.1. The number of aromatic nitrogens is 1. The van der Waals surface area contributed by atoms with Crippen LogP contribution in [0.3, 0.4) is 0 Å². The second kappa shape index (κ2) is 6.28. The molecule has 1 N–H and O–H groups in total. The summed E-state index contributed by atoms with van der Waals surface area (Å²) in [7, 11) is 0. The first-order valence-corrected chi connectivity index (χ1v) is 5.12. The topological polar surface area (TPSA) is 83.0 Å². The number of nitrogens with zero attached hydrogens (tertiary/aromatic N) is 1. The van der Waals surface area contributed by atoms with Gasteiger partial charge in [-0.2, -0.15) is 5.26 Å². The van der Waals surface area contributed by atoms with Crippen LogP contribution in [0.15, 0.2) is 23.1 Å². The molecule has 5 heteroatoms. The largest absolute Gasteiger partial charge is 0.466 e. The maximum atomic E-state index is 11.1. The Morgan fingerprint density at radius 3 is 3.06 bits per heavy atom. The number of pyridine rings is 1. The fourth-order valence-electron chi connectivity index (χ4n) is 1.19. The van der Waals surface area contributed by atoms with E-state index in [0.717, 1.165) is 0 Å². The van der Waals surface area contributed by atoms with E-state index in [9.17, 15) is 9.59 Å². The lowest BCUT2D eigenvalue weighted by Crippen LogP contribution is -2.08. The molecule has 0 saturated heterocycles. The summed E-state index contributed by atoms with van der Waals surface area (Å²) in [6.07, 6.45) is 4.90. The Hall–Kier alpha value is -2.35. The number of aromatic amines is 1. The van der Waals surface area contributed by atoms with Gasteiger partial charge in [-0.3, -0.25) is 9.59 Å². The number of H-pyrrole nitrogens is 1. The summed E-state index contributed by atoms with van der Waals surface area (Å²) in [5.41, 5.74) is 0.281. The zero-order valence-electron chi connectivity index (χ0n) is 9.40. The Balaban J connectivity index is 2.70. The summed E-state index contributed by atoms with van der Waals surface area (Å²) in [6.45, 7) is 2.09. The highest BCUT2D eigenvalue weighted by atomic mass is 16.5. The number of nitrogens with one attached hydrogen (secondary N) is 1. The van der Waals surface area contributed by atoms with Gasteiger partial charge in [0.2, 0.25) is 0 Å². The van der Waals surface area contributed by atoms with E-state index >= 15 is 0 Å². The minimum Gasteiger partial charge on any atom is -0.466 e. The zero-order chi connectivity index (χ0) is 12.7. The number of esters is 1. The molecule has 5 nitrogen and oxygen atoms in total. The predicted molar refractivity (Wildman–Crippen MR) is 62.1 cm³/mol. The van der Waals surface area contributed by atoms with Gasteiger partial charge in [0.15, 0.2) is 0 Å². The molecule has 0 unspecified atom stereocenters. The van der Waals surface area contributed by atoms with Gasteiger partial charge in [0, 0.05) is 6.20 Å². The molecule has 0 saturated carbocycles. The summed E-state index contributed by atoms with van der Waals surface area (Å²) in [5, 5.41) is 8.66. The van der Waals surface area contributed by atoms with Crippen molar-refractivity contribution in [3.05, 3.63) is 39.8 Å². The average molecular weight is 232 g/mol. The first kappa shape index (κ1) is 12.7. The Kier molecular flexibility index (Phi) is 4.70. The fraction of sp³-hybridized carbons (Fsp3) is 0.250. The summed E-state index contributed by atoms with van der Waals surface area (Å²) in [6, 6.07) is 3.24. The molecule has 1 aromatic heterocycles. The smallest absolute Gasteiger partial charge is 0.309 e. The quantitative estimate of drug-likeness (QED) is 0.791. The van der Waals surface area contributed by atoms with Crippen LogP contribution in [0.1, 0.15) is 24.5 Å². The number of hydrogen-bond donors (Lipinski definition) is 1. The lowest BCUT2D eigenvalue weighted by atomic mass is 10.2. The number of ether oxygens (including phenoxy) is 1. The van der Waals surface area contributed by atoms with Crippen LogP contribution in [0.4, 0.5) is 0 Å². The van der Waals surface area contributed by atoms with Gasteiger partial charge >= 0.3 is 5.97 Å². The van der Waals surface area contributed by atoms with E-state index in [2.05, 4.69) is 4.98 Å². The van der Waals surface area contributed by atoms with Crippen LogP contribution in [-0.2, 0) is 9.53 Å². The van der Waals surface area contributed by atoms with Gasteiger partial charge in [-0.1, -0.05) is 12.2 Å². The number of rotatable bonds is 4. The van der Waals surface area contributed by atoms with Crippen molar-refractivity contribution in [1.29, 1.82) is 5.26 Å². The van der Waals surface area contributed by atoms with Crippen molar-refractivity contribution in [1.82, 2.24) is 4.98 Å². The summed E-state index contributed by atoms with van der Waals surface area (Å²) >= 11 is 0. The van der Waals surface area contributed by atoms with Crippen LogP contribution < -0.4 is 5.56 Å². The fourth-order valence-corrected chi connectivity index (χ4v) is 1.19. The molecule has 1 aromatic rings. The van der Waals surface area contributed by atoms with Gasteiger partial charge < -0.3 is 9.72 Å². The Morgan fingerprint density at radius 2 is 2.41 bits per heavy atom. The molecular weight excluding hydrogens is 220 g/mol. The van der Waals surface area contributed by atoms with Gasteiger partial charge in [-0.25, -0.2) is 0 Å². The third kappa shape index (κ3) is 3.95. The monoisotopic (exact) mass is 232 g/mol. The van der Waals surface area contributed by atoms with Crippen LogP contribution in [0.5, 0.6) is 0 Å². The van der Waals surface area contributed by atoms with Gasteiger partial charge in [0.1, 0.15) is 11.6 Å². The van der Waals surface area contributed by atoms with Crippen LogP contribution >= 0.6 is 0 Å². The van der Waals surface area contributed by atoms with Gasteiger partial charge in [0.25, 0.3) is 5.56 Å². The van der Waals surface area contributed by atoms with Crippen molar-refractivity contribution >= 4 is 12.0 Å². The predicted octanol–water partition coefficient (Wildman–Crippen LogP) is 1.21. The molecular formula is C12H12N2O3. The molecule has 0 aliphatic rings. The molecule has 0 aliphatic heterocycles. The molecule has 17 heavy (non-hydrogen) atoms.